The summed E-state index contributed by atoms with van der Waals surface area (Å²) < 4.78 is 282. The second-order valence-electron chi connectivity index (χ2n) is 20.9. The van der Waals surface area contributed by atoms with Crippen LogP contribution in [0.25, 0.3) is 22.3 Å². The zero-order valence-electron chi connectivity index (χ0n) is 51.2. The van der Waals surface area contributed by atoms with E-state index in [1.165, 1.54) is 81.0 Å². The van der Waals surface area contributed by atoms with Crippen LogP contribution in [0, 0.1) is 122 Å². The first-order valence-corrected chi connectivity index (χ1v) is 37.0. The molecule has 0 saturated heterocycles. The quantitative estimate of drug-likeness (QED) is 0.0272. The van der Waals surface area contributed by atoms with Crippen molar-refractivity contribution in [2.75, 3.05) is 0 Å². The number of rotatable bonds is 13. The number of benzene rings is 11. The van der Waals surface area contributed by atoms with Crippen LogP contribution in [0.5, 0.6) is 0 Å². The Balaban J connectivity index is 0.000000227. The van der Waals surface area contributed by atoms with E-state index in [1.807, 2.05) is 0 Å². The lowest BCUT2D eigenvalue weighted by Gasteiger charge is -2.12. The molecule has 0 fully saturated rings. The largest absolute Gasteiger partial charge is 0.744 e. The first kappa shape index (κ1) is 77.3. The predicted octanol–water partition coefficient (Wildman–Crippen LogP) is 14.4. The maximum Gasteiger partial charge on any atom is 0.357 e. The van der Waals surface area contributed by atoms with Gasteiger partial charge in [0.15, 0.2) is 106 Å². The highest BCUT2D eigenvalue weighted by molar-refractivity contribution is 7.97. The minimum Gasteiger partial charge on any atom is -0.744 e. The third-order valence-corrected chi connectivity index (χ3v) is 24.6. The Morgan fingerprint density at radius 1 is 0.250 bits per heavy atom. The molecule has 100 heavy (non-hydrogen) atoms. The third-order valence-electron chi connectivity index (χ3n) is 14.3. The van der Waals surface area contributed by atoms with E-state index in [2.05, 4.69) is 222 Å². The molecule has 0 atom stereocenters. The monoisotopic (exact) mass is 1600 g/mol. The zero-order valence-corrected chi connectivity index (χ0v) is 57.5. The average Bonchev–Trinajstić information content (AvgIpc) is 0.797. The van der Waals surface area contributed by atoms with Gasteiger partial charge in [-0.3, -0.25) is 0 Å². The first-order valence-electron chi connectivity index (χ1n) is 28.1. The van der Waals surface area contributed by atoms with Crippen LogP contribution in [0.2, 0.25) is 0 Å². The predicted molar refractivity (Wildman–Crippen MR) is 333 cm³/mol. The molecule has 0 aliphatic carbocycles. The highest BCUT2D eigenvalue weighted by atomic mass is 127. The highest BCUT2D eigenvalue weighted by Crippen LogP contribution is 2.38. The molecule has 0 amide bonds. The second-order valence-corrected chi connectivity index (χ2v) is 31.8. The van der Waals surface area contributed by atoms with Gasteiger partial charge >= 0.3 is 21.2 Å². The number of hydrogen-bond acceptors (Lipinski definition) is 9. The normalized spacial score (nSPS) is 11.6. The van der Waals surface area contributed by atoms with Gasteiger partial charge in [0.2, 0.25) is 17.5 Å². The fourth-order valence-electron chi connectivity index (χ4n) is 9.40. The van der Waals surface area contributed by atoms with Crippen LogP contribution in [0.4, 0.5) is 65.9 Å². The van der Waals surface area contributed by atoms with Crippen molar-refractivity contribution < 1.29 is 126 Å². The van der Waals surface area contributed by atoms with Gasteiger partial charge in [-0.2, -0.15) is 0 Å². The minimum atomic E-state index is -5.77. The Bertz CT molecular complexity index is 4670. The second kappa shape index (κ2) is 32.0. The Morgan fingerprint density at radius 2 is 0.420 bits per heavy atom. The lowest BCUT2D eigenvalue weighted by Crippen LogP contribution is -3.61. The van der Waals surface area contributed by atoms with Gasteiger partial charge in [-0.1, -0.05) is 72.8 Å². The van der Waals surface area contributed by atoms with Gasteiger partial charge in [-0.25, -0.2) is 91.1 Å². The van der Waals surface area contributed by atoms with Crippen LogP contribution in [-0.2, 0) is 52.1 Å². The minimum absolute atomic E-state index is 0.158. The fraction of sp³-hybridized carbons (Fsp3) is 0.0571. The summed E-state index contributed by atoms with van der Waals surface area (Å²) in [4.78, 5) is 1.15. The van der Waals surface area contributed by atoms with E-state index in [9.17, 15) is 105 Å². The summed E-state index contributed by atoms with van der Waals surface area (Å²) in [5.41, 5.74) is 10.4. The molecule has 520 valence electrons. The van der Waals surface area contributed by atoms with Crippen molar-refractivity contribution in [2.45, 2.75) is 71.8 Å². The van der Waals surface area contributed by atoms with Crippen molar-refractivity contribution in [3.05, 3.63) is 311 Å². The van der Waals surface area contributed by atoms with E-state index >= 15 is 0 Å². The summed E-state index contributed by atoms with van der Waals surface area (Å²) in [5.74, 6) is -38.5. The number of hydrogen-bond donors (Lipinski definition) is 0. The van der Waals surface area contributed by atoms with E-state index in [0.717, 1.165) is 0 Å². The Morgan fingerprint density at radius 3 is 0.600 bits per heavy atom. The van der Waals surface area contributed by atoms with Gasteiger partial charge in [0.1, 0.15) is 45.0 Å². The van der Waals surface area contributed by atoms with Gasteiger partial charge in [0, 0.05) is 22.3 Å². The fourth-order valence-corrected chi connectivity index (χ4v) is 18.1. The molecule has 0 aromatic heterocycles. The first-order chi connectivity index (χ1) is 47.0. The Hall–Kier alpha value is -8.47. The Labute approximate surface area is 578 Å². The maximum absolute atomic E-state index is 12.6. The van der Waals surface area contributed by atoms with Crippen molar-refractivity contribution in [3.8, 4) is 22.3 Å². The van der Waals surface area contributed by atoms with Crippen LogP contribution < -0.4 is 21.2 Å². The van der Waals surface area contributed by atoms with Crippen LogP contribution in [-0.4, -0.2) is 38.9 Å². The van der Waals surface area contributed by atoms with E-state index in [-0.39, 0.29) is 43.0 Å². The highest BCUT2D eigenvalue weighted by Gasteiger charge is 2.35. The van der Waals surface area contributed by atoms with Crippen LogP contribution >= 0.6 is 0 Å². The van der Waals surface area contributed by atoms with Crippen molar-refractivity contribution in [2.24, 2.45) is 0 Å². The standard InChI is InChI=1S/C52H44IS2.3C6HF5O3S/c1-37-13-5-9-17-49(37)54(50-18-10-6-14-38(50)2)47-33-25-43(26-34-47)41-21-29-45(30-22-41)53-46-31-23-42(24-32-46)44-27-35-48(36-28-44)55(51-19-11-7-15-39(51)3)52-20-12-8-16-40(52)4;3*7-1-2(8)4(10)6(15(12,13)14)5(11)3(1)9/h5-36H,1-4H3;3*(H,12,13,14)/q+3;;;/p-3. The molecule has 11 aromatic rings. The molecule has 0 unspecified atom stereocenters. The SMILES string of the molecule is Cc1ccccc1[S+](c1ccc(-c2ccc([I+]c3ccc(-c4ccc([S+](c5ccccc5C)c5ccccc5C)cc4)cc3)cc2)cc1)c1ccccc1C.O=S(=O)([O-])c1c(F)c(F)c(F)c(F)c1F.O=S(=O)([O-])c1c(F)c(F)c(F)c(F)c1F.O=S(=O)([O-])c1c(F)c(F)c(F)c(F)c1F. The van der Waals surface area contributed by atoms with Gasteiger partial charge in [0.05, 0.1) is 21.8 Å². The summed E-state index contributed by atoms with van der Waals surface area (Å²) in [6.07, 6.45) is 0. The molecule has 0 aliphatic heterocycles. The van der Waals surface area contributed by atoms with Gasteiger partial charge in [0.25, 0.3) is 0 Å². The molecule has 9 nitrogen and oxygen atoms in total. The van der Waals surface area contributed by atoms with Gasteiger partial charge in [-0.15, -0.1) is 0 Å². The summed E-state index contributed by atoms with van der Waals surface area (Å²) in [6, 6.07) is 72.3. The molecule has 0 aliphatic rings. The van der Waals surface area contributed by atoms with Crippen LogP contribution in [0.1, 0.15) is 22.3 Å². The van der Waals surface area contributed by atoms with Gasteiger partial charge < -0.3 is 13.7 Å². The molecule has 0 spiro atoms. The lowest BCUT2D eigenvalue weighted by atomic mass is 10.1. The van der Waals surface area contributed by atoms with Crippen LogP contribution in [0.3, 0.4) is 0 Å². The molecule has 0 heterocycles. The number of halogens is 16. The van der Waals surface area contributed by atoms with Crippen molar-refractivity contribution >= 4 is 52.1 Å². The zero-order chi connectivity index (χ0) is 73.6. The van der Waals surface area contributed by atoms with E-state index in [0.29, 0.717) is 0 Å². The van der Waals surface area contributed by atoms with Crippen molar-refractivity contribution in [1.29, 1.82) is 0 Å². The molecule has 0 N–H and O–H groups in total. The topological polar surface area (TPSA) is 172 Å². The van der Waals surface area contributed by atoms with Gasteiger partial charge in [-0.05, 0) is 171 Å². The van der Waals surface area contributed by atoms with Crippen molar-refractivity contribution in [1.82, 2.24) is 0 Å². The molecule has 0 bridgehead atoms. The molecule has 11 rings (SSSR count). The van der Waals surface area contributed by atoms with Crippen molar-refractivity contribution in [3.63, 3.8) is 0 Å². The van der Waals surface area contributed by atoms with Crippen LogP contribution in [0.15, 0.2) is 238 Å². The lowest BCUT2D eigenvalue weighted by molar-refractivity contribution is -0.597. The average molecular weight is 1600 g/mol. The molecule has 0 radical (unpaired) electrons. The van der Waals surface area contributed by atoms with E-state index in [1.54, 1.807) is 0 Å². The van der Waals surface area contributed by atoms with E-state index in [4.69, 9.17) is 0 Å². The maximum atomic E-state index is 12.6. The third kappa shape index (κ3) is 17.3. The smallest absolute Gasteiger partial charge is 0.357 e. The molecule has 11 aromatic carbocycles. The molecular formula is C70H44F15IO9S5. The molecular weight excluding hydrogens is 1560 g/mol. The summed E-state index contributed by atoms with van der Waals surface area (Å²) >= 11 is -0.281. The number of aryl methyl sites for hydroxylation is 4. The summed E-state index contributed by atoms with van der Waals surface area (Å²) in [5, 5.41) is 0. The summed E-state index contributed by atoms with van der Waals surface area (Å²) in [6.45, 7) is 8.92. The van der Waals surface area contributed by atoms with E-state index < -0.39 is 132 Å². The Kier molecular flexibility index (Phi) is 24.7. The molecule has 0 saturated carbocycles. The summed E-state index contributed by atoms with van der Waals surface area (Å²) in [7, 11) is -17.6. The molecule has 30 heteroatoms.